The topological polar surface area (TPSA) is 62.6 Å². The van der Waals surface area contributed by atoms with E-state index in [4.69, 9.17) is 0 Å². The zero-order valence-corrected chi connectivity index (χ0v) is 16.8. The maximum Gasteiger partial charge on any atom is 0.279 e. The van der Waals surface area contributed by atoms with E-state index in [1.807, 2.05) is 0 Å². The number of carbonyl (C=O) groups excluding carboxylic acids is 2. The van der Waals surface area contributed by atoms with Gasteiger partial charge in [0.1, 0.15) is 12.4 Å². The van der Waals surface area contributed by atoms with E-state index in [1.165, 1.54) is 43.2 Å². The molecule has 0 aromatic heterocycles. The van der Waals surface area contributed by atoms with Crippen LogP contribution in [0.2, 0.25) is 0 Å². The first-order valence-corrected chi connectivity index (χ1v) is 10.3. The van der Waals surface area contributed by atoms with E-state index in [2.05, 4.69) is 10.6 Å². The van der Waals surface area contributed by atoms with Crippen LogP contribution in [-0.4, -0.2) is 24.4 Å². The molecule has 154 valence electrons. The molecule has 2 amide bonds. The molecular weight excluding hydrogens is 369 g/mol. The van der Waals surface area contributed by atoms with Crippen molar-refractivity contribution in [1.29, 1.82) is 0 Å². The molecule has 1 unspecified atom stereocenters. The Bertz CT molecular complexity index is 815. The molecule has 1 aliphatic rings. The lowest BCUT2D eigenvalue weighted by atomic mass is 9.93. The fourth-order valence-corrected chi connectivity index (χ4v) is 3.98. The minimum absolute atomic E-state index is 0.0417. The van der Waals surface area contributed by atoms with Gasteiger partial charge < -0.3 is 15.5 Å². The Balaban J connectivity index is 1.63. The highest BCUT2D eigenvalue weighted by molar-refractivity contribution is 5.92. The second-order valence-electron chi connectivity index (χ2n) is 7.78. The van der Waals surface area contributed by atoms with Crippen molar-refractivity contribution in [2.75, 3.05) is 17.2 Å². The van der Waals surface area contributed by atoms with E-state index < -0.39 is 0 Å². The summed E-state index contributed by atoms with van der Waals surface area (Å²) in [6.45, 7) is 2.54. The molecule has 1 aliphatic carbocycles. The summed E-state index contributed by atoms with van der Waals surface area (Å²) in [6.07, 6.45) is 5.89. The van der Waals surface area contributed by atoms with Gasteiger partial charge in [0.25, 0.3) is 5.91 Å². The summed E-state index contributed by atoms with van der Waals surface area (Å²) in [5, 5.41) is 5.66. The predicted molar refractivity (Wildman–Crippen MR) is 112 cm³/mol. The molecule has 5 nitrogen and oxygen atoms in total. The van der Waals surface area contributed by atoms with Gasteiger partial charge in [-0.3, -0.25) is 9.59 Å². The summed E-state index contributed by atoms with van der Waals surface area (Å²) >= 11 is 0. The lowest BCUT2D eigenvalue weighted by molar-refractivity contribution is -0.932. The zero-order chi connectivity index (χ0) is 20.6. The zero-order valence-electron chi connectivity index (χ0n) is 16.8. The van der Waals surface area contributed by atoms with Gasteiger partial charge in [0.05, 0.1) is 6.04 Å². The molecule has 0 heterocycles. The van der Waals surface area contributed by atoms with Crippen molar-refractivity contribution >= 4 is 23.2 Å². The number of carbonyl (C=O) groups is 2. The van der Waals surface area contributed by atoms with Gasteiger partial charge in [0.15, 0.2) is 6.54 Å². The second-order valence-corrected chi connectivity index (χ2v) is 7.78. The molecule has 0 spiro atoms. The number of hydrogen-bond donors (Lipinski definition) is 3. The standard InChI is InChI=1S/C23H28FN3O2/c1-17(28)25-20-11-13-21(14-12-20)26-23(29)16-27(22-5-3-2-4-6-22)15-18-7-9-19(24)10-8-18/h7-14,22H,2-6,15-16H2,1H3,(H,25,28)(H,26,29)/p+1. The normalized spacial score (nSPS) is 15.5. The Morgan fingerprint density at radius 3 is 2.10 bits per heavy atom. The van der Waals surface area contributed by atoms with Gasteiger partial charge in [-0.05, 0) is 62.1 Å². The molecule has 0 bridgehead atoms. The summed E-state index contributed by atoms with van der Waals surface area (Å²) in [6, 6.07) is 14.1. The van der Waals surface area contributed by atoms with Gasteiger partial charge in [-0.25, -0.2) is 4.39 Å². The van der Waals surface area contributed by atoms with E-state index in [1.54, 1.807) is 36.4 Å². The fourth-order valence-electron chi connectivity index (χ4n) is 3.98. The van der Waals surface area contributed by atoms with Crippen LogP contribution in [0.4, 0.5) is 15.8 Å². The van der Waals surface area contributed by atoms with Gasteiger partial charge in [0, 0.05) is 23.9 Å². The Hall–Kier alpha value is -2.73. The van der Waals surface area contributed by atoms with Crippen molar-refractivity contribution in [3.63, 3.8) is 0 Å². The Labute approximate surface area is 171 Å². The van der Waals surface area contributed by atoms with Crippen molar-refractivity contribution in [3.05, 3.63) is 59.9 Å². The number of benzene rings is 2. The predicted octanol–water partition coefficient (Wildman–Crippen LogP) is 3.14. The first-order valence-electron chi connectivity index (χ1n) is 10.3. The lowest BCUT2D eigenvalue weighted by Gasteiger charge is -2.31. The molecule has 1 fully saturated rings. The molecule has 2 aromatic rings. The SMILES string of the molecule is CC(=O)Nc1ccc(NC(=O)C[NH+](Cc2ccc(F)cc2)C2CCCCC2)cc1. The van der Waals surface area contributed by atoms with Crippen LogP contribution in [0, 0.1) is 5.82 Å². The van der Waals surface area contributed by atoms with Crippen LogP contribution in [0.15, 0.2) is 48.5 Å². The molecule has 1 atom stereocenters. The van der Waals surface area contributed by atoms with Gasteiger partial charge >= 0.3 is 0 Å². The van der Waals surface area contributed by atoms with Crippen molar-refractivity contribution in [3.8, 4) is 0 Å². The summed E-state index contributed by atoms with van der Waals surface area (Å²) in [4.78, 5) is 25.0. The lowest BCUT2D eigenvalue weighted by Crippen LogP contribution is -3.15. The highest BCUT2D eigenvalue weighted by Crippen LogP contribution is 2.16. The third kappa shape index (κ3) is 6.68. The molecular formula is C23H29FN3O2+. The van der Waals surface area contributed by atoms with E-state index >= 15 is 0 Å². The maximum absolute atomic E-state index is 13.2. The van der Waals surface area contributed by atoms with Gasteiger partial charge in [-0.2, -0.15) is 0 Å². The van der Waals surface area contributed by atoms with Crippen molar-refractivity contribution in [1.82, 2.24) is 0 Å². The Kier molecular flexibility index (Phi) is 7.36. The number of nitrogens with one attached hydrogen (secondary N) is 3. The van der Waals surface area contributed by atoms with Gasteiger partial charge in [0.2, 0.25) is 5.91 Å². The fraction of sp³-hybridized carbons (Fsp3) is 0.391. The minimum atomic E-state index is -0.242. The summed E-state index contributed by atoms with van der Waals surface area (Å²) in [5.41, 5.74) is 2.44. The van der Waals surface area contributed by atoms with E-state index in [-0.39, 0.29) is 17.6 Å². The summed E-state index contributed by atoms with van der Waals surface area (Å²) < 4.78 is 13.2. The number of hydrogen-bond acceptors (Lipinski definition) is 2. The largest absolute Gasteiger partial charge is 0.326 e. The highest BCUT2D eigenvalue weighted by Gasteiger charge is 2.27. The molecule has 0 radical (unpaired) electrons. The van der Waals surface area contributed by atoms with Crippen LogP contribution in [0.1, 0.15) is 44.6 Å². The molecule has 0 saturated heterocycles. The molecule has 1 saturated carbocycles. The first kappa shape index (κ1) is 21.0. The maximum atomic E-state index is 13.2. The molecule has 0 aliphatic heterocycles. The van der Waals surface area contributed by atoms with Crippen LogP contribution < -0.4 is 15.5 Å². The highest BCUT2D eigenvalue weighted by atomic mass is 19.1. The van der Waals surface area contributed by atoms with Crippen LogP contribution in [0.5, 0.6) is 0 Å². The average molecular weight is 399 g/mol. The Morgan fingerprint density at radius 2 is 1.52 bits per heavy atom. The van der Waals surface area contributed by atoms with Crippen LogP contribution in [0.3, 0.4) is 0 Å². The summed E-state index contributed by atoms with van der Waals surface area (Å²) in [5.74, 6) is -0.414. The minimum Gasteiger partial charge on any atom is -0.326 e. The molecule has 2 aromatic carbocycles. The van der Waals surface area contributed by atoms with E-state index in [9.17, 15) is 14.0 Å². The molecule has 6 heteroatoms. The van der Waals surface area contributed by atoms with E-state index in [0.29, 0.717) is 30.5 Å². The van der Waals surface area contributed by atoms with E-state index in [0.717, 1.165) is 18.4 Å². The number of amides is 2. The van der Waals surface area contributed by atoms with Crippen molar-refractivity contribution in [2.24, 2.45) is 0 Å². The molecule has 29 heavy (non-hydrogen) atoms. The van der Waals surface area contributed by atoms with Crippen molar-refractivity contribution in [2.45, 2.75) is 51.6 Å². The third-order valence-corrected chi connectivity index (χ3v) is 5.40. The Morgan fingerprint density at radius 1 is 0.931 bits per heavy atom. The average Bonchev–Trinajstić information content (AvgIpc) is 2.71. The smallest absolute Gasteiger partial charge is 0.279 e. The first-order chi connectivity index (χ1) is 14.0. The molecule has 3 N–H and O–H groups in total. The van der Waals surface area contributed by atoms with Crippen molar-refractivity contribution < 1.29 is 18.9 Å². The second kappa shape index (κ2) is 10.2. The molecule has 3 rings (SSSR count). The number of rotatable bonds is 7. The van der Waals surface area contributed by atoms with Gasteiger partial charge in [-0.1, -0.05) is 18.6 Å². The van der Waals surface area contributed by atoms with Gasteiger partial charge in [-0.15, -0.1) is 0 Å². The third-order valence-electron chi connectivity index (χ3n) is 5.40. The quantitative estimate of drug-likeness (QED) is 0.671. The number of halogens is 1. The monoisotopic (exact) mass is 398 g/mol. The van der Waals surface area contributed by atoms with Crippen LogP contribution in [-0.2, 0) is 16.1 Å². The number of quaternary nitrogens is 1. The van der Waals surface area contributed by atoms with Crippen LogP contribution in [0.25, 0.3) is 0 Å². The van der Waals surface area contributed by atoms with Crippen LogP contribution >= 0.6 is 0 Å². The number of anilines is 2. The summed E-state index contributed by atoms with van der Waals surface area (Å²) in [7, 11) is 0.